The van der Waals surface area contributed by atoms with Crippen LogP contribution in [-0.2, 0) is 32.1 Å². The number of ether oxygens (including phenoxy) is 4. The van der Waals surface area contributed by atoms with Crippen molar-refractivity contribution >= 4 is 0 Å². The van der Waals surface area contributed by atoms with Crippen LogP contribution in [0.3, 0.4) is 0 Å². The molecule has 2 saturated heterocycles. The Labute approximate surface area is 163 Å². The smallest absolute Gasteiger partial charge is 0.190 e. The molecular formula is C20H23N3O5. The minimum absolute atomic E-state index is 0.0723. The van der Waals surface area contributed by atoms with Gasteiger partial charge in [-0.1, -0.05) is 30.3 Å². The van der Waals surface area contributed by atoms with E-state index in [1.165, 1.54) is 4.68 Å². The average molecular weight is 385 g/mol. The highest BCUT2D eigenvalue weighted by Crippen LogP contribution is 2.45. The van der Waals surface area contributed by atoms with Crippen LogP contribution in [0.2, 0.25) is 0 Å². The van der Waals surface area contributed by atoms with Crippen LogP contribution in [-0.4, -0.2) is 45.8 Å². The summed E-state index contributed by atoms with van der Waals surface area (Å²) in [5, 5.41) is 23.1. The van der Waals surface area contributed by atoms with E-state index in [2.05, 4.69) is 11.2 Å². The van der Waals surface area contributed by atoms with Crippen LogP contribution in [0, 0.1) is 11.3 Å². The lowest BCUT2D eigenvalue weighted by atomic mass is 10.0. The Morgan fingerprint density at radius 1 is 1.29 bits per heavy atom. The number of benzene rings is 1. The fraction of sp³-hybridized carbons (Fsp3) is 0.500. The number of aliphatic hydroxyl groups excluding tert-OH is 1. The number of aliphatic hydroxyl groups is 1. The third-order valence-electron chi connectivity index (χ3n) is 4.79. The van der Waals surface area contributed by atoms with E-state index >= 15 is 0 Å². The molecule has 0 amide bonds. The second-order valence-electron chi connectivity index (χ2n) is 7.31. The van der Waals surface area contributed by atoms with Gasteiger partial charge in [0, 0.05) is 6.20 Å². The maximum atomic E-state index is 9.52. The molecule has 2 aromatic rings. The zero-order chi connectivity index (χ0) is 19.7. The first-order valence-corrected chi connectivity index (χ1v) is 9.25. The van der Waals surface area contributed by atoms with Crippen LogP contribution < -0.4 is 0 Å². The van der Waals surface area contributed by atoms with Gasteiger partial charge in [0.15, 0.2) is 12.1 Å². The molecule has 8 heteroatoms. The monoisotopic (exact) mass is 385 g/mol. The fourth-order valence-corrected chi connectivity index (χ4v) is 3.60. The summed E-state index contributed by atoms with van der Waals surface area (Å²) in [5.74, 6) is -0.775. The Kier molecular flexibility index (Phi) is 5.19. The van der Waals surface area contributed by atoms with E-state index in [4.69, 9.17) is 24.1 Å². The van der Waals surface area contributed by atoms with Crippen LogP contribution in [0.15, 0.2) is 36.5 Å². The van der Waals surface area contributed by atoms with E-state index in [9.17, 15) is 5.26 Å². The van der Waals surface area contributed by atoms with Crippen molar-refractivity contribution < 1.29 is 24.1 Å². The van der Waals surface area contributed by atoms with E-state index < -0.39 is 30.4 Å². The molecule has 1 N–H and O–H groups in total. The van der Waals surface area contributed by atoms with Crippen LogP contribution in [0.4, 0.5) is 0 Å². The van der Waals surface area contributed by atoms with Crippen molar-refractivity contribution in [2.75, 3.05) is 6.61 Å². The first-order chi connectivity index (χ1) is 13.5. The summed E-state index contributed by atoms with van der Waals surface area (Å²) in [4.78, 5) is 0. The number of rotatable bonds is 6. The molecule has 28 heavy (non-hydrogen) atoms. The predicted octanol–water partition coefficient (Wildman–Crippen LogP) is 1.88. The van der Waals surface area contributed by atoms with Gasteiger partial charge in [-0.3, -0.25) is 4.68 Å². The second kappa shape index (κ2) is 7.62. The van der Waals surface area contributed by atoms with E-state index in [0.717, 1.165) is 5.56 Å². The van der Waals surface area contributed by atoms with Gasteiger partial charge in [-0.2, -0.15) is 10.4 Å². The summed E-state index contributed by atoms with van der Waals surface area (Å²) in [7, 11) is 0. The Morgan fingerprint density at radius 2 is 2.07 bits per heavy atom. The molecule has 148 valence electrons. The Morgan fingerprint density at radius 3 is 2.79 bits per heavy atom. The van der Waals surface area contributed by atoms with Crippen molar-refractivity contribution in [1.29, 1.82) is 5.26 Å². The van der Waals surface area contributed by atoms with Gasteiger partial charge in [0.2, 0.25) is 0 Å². The standard InChI is InChI=1S/C20H23N3O5/c1-20(2)27-18-17(25-12-13-6-4-3-5-7-13)16(26-19(18)28-20)15-14(10-21)11-23(22-15)8-9-24/h3-7,11,16-19,24H,8-9,12H2,1-2H3/t16-,17+,18+,19+/m1/s1. The van der Waals surface area contributed by atoms with Crippen molar-refractivity contribution in [2.24, 2.45) is 0 Å². The van der Waals surface area contributed by atoms with Crippen LogP contribution in [0.5, 0.6) is 0 Å². The molecule has 2 aliphatic rings. The lowest BCUT2D eigenvalue weighted by molar-refractivity contribution is -0.221. The highest BCUT2D eigenvalue weighted by atomic mass is 16.8. The number of hydrogen-bond acceptors (Lipinski definition) is 7. The number of fused-ring (bicyclic) bond motifs is 1. The Bertz CT molecular complexity index is 860. The molecule has 0 unspecified atom stereocenters. The second-order valence-corrected chi connectivity index (χ2v) is 7.31. The molecule has 1 aromatic carbocycles. The topological polar surface area (TPSA) is 98.8 Å². The van der Waals surface area contributed by atoms with Crippen molar-refractivity contribution in [2.45, 2.75) is 57.4 Å². The zero-order valence-corrected chi connectivity index (χ0v) is 15.8. The third kappa shape index (κ3) is 3.68. The maximum absolute atomic E-state index is 9.52. The zero-order valence-electron chi connectivity index (χ0n) is 15.8. The van der Waals surface area contributed by atoms with Gasteiger partial charge in [0.25, 0.3) is 0 Å². The minimum Gasteiger partial charge on any atom is -0.394 e. The van der Waals surface area contributed by atoms with Gasteiger partial charge >= 0.3 is 0 Å². The largest absolute Gasteiger partial charge is 0.394 e. The third-order valence-corrected chi connectivity index (χ3v) is 4.79. The fourth-order valence-electron chi connectivity index (χ4n) is 3.60. The summed E-state index contributed by atoms with van der Waals surface area (Å²) in [5.41, 5.74) is 1.87. The molecule has 0 bridgehead atoms. The van der Waals surface area contributed by atoms with Crippen LogP contribution in [0.1, 0.15) is 36.8 Å². The molecule has 1 aromatic heterocycles. The van der Waals surface area contributed by atoms with E-state index in [0.29, 0.717) is 24.4 Å². The molecule has 0 aliphatic carbocycles. The molecule has 2 fully saturated rings. The summed E-state index contributed by atoms with van der Waals surface area (Å²) >= 11 is 0. The molecule has 0 spiro atoms. The summed E-state index contributed by atoms with van der Waals surface area (Å²) in [6.07, 6.45) is -0.530. The van der Waals surface area contributed by atoms with E-state index in [-0.39, 0.29) is 6.61 Å². The normalized spacial score (nSPS) is 28.2. The molecule has 0 saturated carbocycles. The summed E-state index contributed by atoms with van der Waals surface area (Å²) < 4.78 is 25.7. The molecule has 2 aliphatic heterocycles. The lowest BCUT2D eigenvalue weighted by Crippen LogP contribution is -2.34. The molecule has 3 heterocycles. The lowest BCUT2D eigenvalue weighted by Gasteiger charge is -2.25. The van der Waals surface area contributed by atoms with Gasteiger partial charge < -0.3 is 24.1 Å². The first kappa shape index (κ1) is 19.1. The predicted molar refractivity (Wildman–Crippen MR) is 96.7 cm³/mol. The average Bonchev–Trinajstić information content (AvgIpc) is 3.30. The first-order valence-electron chi connectivity index (χ1n) is 9.25. The van der Waals surface area contributed by atoms with Gasteiger partial charge in [0.1, 0.15) is 30.1 Å². The highest BCUT2D eigenvalue weighted by Gasteiger charge is 2.56. The van der Waals surface area contributed by atoms with Gasteiger partial charge in [0.05, 0.1) is 25.3 Å². The van der Waals surface area contributed by atoms with Crippen molar-refractivity contribution in [3.63, 3.8) is 0 Å². The molecular weight excluding hydrogens is 362 g/mol. The maximum Gasteiger partial charge on any atom is 0.190 e. The summed E-state index contributed by atoms with van der Waals surface area (Å²) in [6, 6.07) is 12.0. The Balaban J connectivity index is 1.61. The quantitative estimate of drug-likeness (QED) is 0.810. The van der Waals surface area contributed by atoms with Crippen LogP contribution >= 0.6 is 0 Å². The molecule has 4 rings (SSSR count). The number of aromatic nitrogens is 2. The minimum atomic E-state index is -0.775. The number of hydrogen-bond donors (Lipinski definition) is 1. The van der Waals surface area contributed by atoms with E-state index in [1.54, 1.807) is 6.20 Å². The number of nitriles is 1. The molecule has 0 radical (unpaired) electrons. The number of nitrogens with zero attached hydrogens (tertiary/aromatic N) is 3. The van der Waals surface area contributed by atoms with Crippen molar-refractivity contribution in [1.82, 2.24) is 9.78 Å². The van der Waals surface area contributed by atoms with Crippen molar-refractivity contribution in [3.05, 3.63) is 53.3 Å². The molecule has 8 nitrogen and oxygen atoms in total. The van der Waals surface area contributed by atoms with Gasteiger partial charge in [-0.15, -0.1) is 0 Å². The molecule has 4 atom stereocenters. The van der Waals surface area contributed by atoms with Gasteiger partial charge in [-0.25, -0.2) is 0 Å². The SMILES string of the molecule is CC1(C)O[C@@H]2O[C@H](c3nn(CCO)cc3C#N)[C@H](OCc3ccccc3)[C@@H]2O1. The van der Waals surface area contributed by atoms with Crippen molar-refractivity contribution in [3.8, 4) is 6.07 Å². The highest BCUT2D eigenvalue weighted by molar-refractivity contribution is 5.34. The Hall–Kier alpha value is -2.28. The van der Waals surface area contributed by atoms with E-state index in [1.807, 2.05) is 44.2 Å². The summed E-state index contributed by atoms with van der Waals surface area (Å²) in [6.45, 7) is 4.25. The van der Waals surface area contributed by atoms with Crippen LogP contribution in [0.25, 0.3) is 0 Å². The van der Waals surface area contributed by atoms with Gasteiger partial charge in [-0.05, 0) is 19.4 Å².